The second kappa shape index (κ2) is 11.5. The maximum Gasteiger partial charge on any atom is 0.273 e. The monoisotopic (exact) mass is 535 g/mol. The molecular weight excluding hydrogens is 510 g/mol. The number of benzene rings is 2. The summed E-state index contributed by atoms with van der Waals surface area (Å²) in [5.41, 5.74) is 12.2. The van der Waals surface area contributed by atoms with Gasteiger partial charge in [0.05, 0.1) is 26.2 Å². The van der Waals surface area contributed by atoms with Gasteiger partial charge < -0.3 is 30.7 Å². The molecule has 0 saturated heterocycles. The number of nitrogen functional groups attached to an aromatic ring is 1. The van der Waals surface area contributed by atoms with E-state index in [4.69, 9.17) is 25.4 Å². The van der Waals surface area contributed by atoms with Crippen molar-refractivity contribution >= 4 is 40.6 Å². The van der Waals surface area contributed by atoms with Crippen molar-refractivity contribution in [2.45, 2.75) is 12.6 Å². The lowest BCUT2D eigenvalue weighted by Gasteiger charge is -2.30. The van der Waals surface area contributed by atoms with Crippen LogP contribution in [-0.2, 0) is 11.3 Å². The zero-order valence-electron chi connectivity index (χ0n) is 20.5. The van der Waals surface area contributed by atoms with Gasteiger partial charge in [0, 0.05) is 18.3 Å². The Morgan fingerprint density at radius 1 is 1.05 bits per heavy atom. The van der Waals surface area contributed by atoms with Gasteiger partial charge in [0.15, 0.2) is 11.7 Å². The smallest absolute Gasteiger partial charge is 0.273 e. The van der Waals surface area contributed by atoms with Crippen LogP contribution < -0.4 is 31.2 Å². The number of amides is 3. The molecule has 0 aliphatic carbocycles. The average molecular weight is 536 g/mol. The number of anilines is 2. The predicted molar refractivity (Wildman–Crippen MR) is 141 cm³/mol. The molecule has 11 nitrogen and oxygen atoms in total. The quantitative estimate of drug-likeness (QED) is 0.279. The van der Waals surface area contributed by atoms with E-state index in [2.05, 4.69) is 9.69 Å². The van der Waals surface area contributed by atoms with E-state index in [9.17, 15) is 14.4 Å². The molecule has 1 atom stereocenters. The summed E-state index contributed by atoms with van der Waals surface area (Å²) < 4.78 is 20.1. The minimum absolute atomic E-state index is 0.0545. The zero-order valence-corrected chi connectivity index (χ0v) is 21.4. The molecule has 196 valence electrons. The van der Waals surface area contributed by atoms with Crippen molar-refractivity contribution in [3.8, 4) is 11.5 Å². The number of hydrogen-bond acceptors (Lipinski definition) is 9. The number of furan rings is 1. The van der Waals surface area contributed by atoms with E-state index >= 15 is 0 Å². The summed E-state index contributed by atoms with van der Waals surface area (Å²) in [5, 5.41) is 2.87. The number of nitrogens with two attached hydrogens (primary N) is 2. The first-order valence-corrected chi connectivity index (χ1v) is 12.1. The Morgan fingerprint density at radius 2 is 1.79 bits per heavy atom. The Balaban J connectivity index is 1.76. The van der Waals surface area contributed by atoms with E-state index in [1.165, 1.54) is 18.3 Å². The molecule has 2 heterocycles. The van der Waals surface area contributed by atoms with E-state index in [0.717, 1.165) is 5.56 Å². The van der Waals surface area contributed by atoms with Crippen molar-refractivity contribution in [1.82, 2.24) is 9.69 Å². The first-order chi connectivity index (χ1) is 18.3. The number of nitrogens with zero attached hydrogens (tertiary/aromatic N) is 2. The normalized spacial score (nSPS) is 11.4. The van der Waals surface area contributed by atoms with Crippen molar-refractivity contribution in [2.24, 2.45) is 5.73 Å². The first-order valence-electron chi connectivity index (χ1n) is 11.3. The van der Waals surface area contributed by atoms with E-state index in [1.807, 2.05) is 12.1 Å². The fraction of sp³-hybridized carbons (Fsp3) is 0.154. The van der Waals surface area contributed by atoms with Crippen LogP contribution in [0.4, 0.5) is 11.4 Å². The first kappa shape index (κ1) is 26.2. The molecule has 0 spiro atoms. The molecule has 5 N–H and O–H groups in total. The molecule has 0 unspecified atom stereocenters. The molecule has 0 aliphatic heterocycles. The molecule has 0 aliphatic rings. The summed E-state index contributed by atoms with van der Waals surface area (Å²) in [6.07, 6.45) is 1.40. The highest BCUT2D eigenvalue weighted by Crippen LogP contribution is 2.34. The van der Waals surface area contributed by atoms with Gasteiger partial charge in [0.2, 0.25) is 0 Å². The highest BCUT2D eigenvalue weighted by molar-refractivity contribution is 7.09. The van der Waals surface area contributed by atoms with Gasteiger partial charge in [0.25, 0.3) is 17.7 Å². The third-order valence-electron chi connectivity index (χ3n) is 5.65. The number of primary amides is 1. The molecule has 38 heavy (non-hydrogen) atoms. The average Bonchev–Trinajstić information content (AvgIpc) is 3.60. The molecule has 4 aromatic rings. The number of carbonyl (C=O) groups excluding carboxylic acids is 3. The zero-order chi connectivity index (χ0) is 27.2. The maximum atomic E-state index is 14.0. The van der Waals surface area contributed by atoms with Crippen LogP contribution in [-0.4, -0.2) is 36.3 Å². The largest absolute Gasteiger partial charge is 0.497 e. The minimum atomic E-state index is -1.25. The van der Waals surface area contributed by atoms with Crippen LogP contribution in [0.3, 0.4) is 0 Å². The highest BCUT2D eigenvalue weighted by atomic mass is 32.1. The van der Waals surface area contributed by atoms with E-state index < -0.39 is 23.8 Å². The van der Waals surface area contributed by atoms with Crippen LogP contribution in [0.2, 0.25) is 0 Å². The lowest BCUT2D eigenvalue weighted by atomic mass is 10.1. The molecule has 0 radical (unpaired) electrons. The maximum absolute atomic E-state index is 14.0. The van der Waals surface area contributed by atoms with Gasteiger partial charge in [-0.05, 0) is 53.5 Å². The SMILES string of the molecule is COc1ccc(CNC(=O)[C@@H](c2ccco2)N(C(=O)c2snc(C(N)=O)c2N)c2cccc(OC)c2)cc1. The molecule has 12 heteroatoms. The predicted octanol–water partition coefficient (Wildman–Crippen LogP) is 3.14. The Hall–Kier alpha value is -4.84. The third-order valence-corrected chi connectivity index (χ3v) is 6.50. The summed E-state index contributed by atoms with van der Waals surface area (Å²) in [4.78, 5) is 40.6. The van der Waals surface area contributed by atoms with Gasteiger partial charge in [-0.3, -0.25) is 19.3 Å². The third kappa shape index (κ3) is 5.44. The van der Waals surface area contributed by atoms with Crippen LogP contribution in [0.15, 0.2) is 71.3 Å². The number of nitrogens with one attached hydrogen (secondary N) is 1. The van der Waals surface area contributed by atoms with Gasteiger partial charge >= 0.3 is 0 Å². The molecule has 0 saturated carbocycles. The number of hydrogen-bond donors (Lipinski definition) is 3. The van der Waals surface area contributed by atoms with Crippen LogP contribution in [0.25, 0.3) is 0 Å². The van der Waals surface area contributed by atoms with Gasteiger partial charge in [-0.25, -0.2) is 0 Å². The summed E-state index contributed by atoms with van der Waals surface area (Å²) in [5.74, 6) is -0.739. The summed E-state index contributed by atoms with van der Waals surface area (Å²) in [7, 11) is 3.05. The Labute approximate surface area is 222 Å². The second-order valence-electron chi connectivity index (χ2n) is 8.00. The molecule has 0 bridgehead atoms. The molecular formula is C26H25N5O6S. The van der Waals surface area contributed by atoms with E-state index in [0.29, 0.717) is 28.7 Å². The standard InChI is InChI=1S/C26H25N5O6S/c1-35-17-10-8-15(9-11-17)14-29-25(33)22(19-7-4-12-37-19)31(16-5-3-6-18(13-16)36-2)26(34)23-20(27)21(24(28)32)30-38-23/h3-13,22H,14,27H2,1-2H3,(H2,28,32)(H,29,33)/t22-/m1/s1. The molecule has 2 aromatic carbocycles. The molecule has 0 fully saturated rings. The summed E-state index contributed by atoms with van der Waals surface area (Å²) in [6.45, 7) is 0.175. The number of methoxy groups -OCH3 is 2. The van der Waals surface area contributed by atoms with Crippen LogP contribution in [0.1, 0.15) is 37.5 Å². The molecule has 3 amide bonds. The number of ether oxygens (including phenoxy) is 2. The second-order valence-corrected chi connectivity index (χ2v) is 8.77. The Bertz CT molecular complexity index is 1430. The Morgan fingerprint density at radius 3 is 2.39 bits per heavy atom. The lowest BCUT2D eigenvalue weighted by molar-refractivity contribution is -0.123. The molecule has 4 rings (SSSR count). The van der Waals surface area contributed by atoms with Gasteiger partial charge in [-0.15, -0.1) is 0 Å². The fourth-order valence-corrected chi connectivity index (χ4v) is 4.47. The summed E-state index contributed by atoms with van der Waals surface area (Å²) in [6, 6.07) is 15.7. The summed E-state index contributed by atoms with van der Waals surface area (Å²) >= 11 is 0.713. The minimum Gasteiger partial charge on any atom is -0.497 e. The van der Waals surface area contributed by atoms with Gasteiger partial charge in [-0.2, -0.15) is 4.37 Å². The number of carbonyl (C=O) groups is 3. The highest BCUT2D eigenvalue weighted by Gasteiger charge is 2.37. The van der Waals surface area contributed by atoms with Crippen LogP contribution >= 0.6 is 11.5 Å². The number of aromatic nitrogens is 1. The van der Waals surface area contributed by atoms with E-state index in [1.54, 1.807) is 55.6 Å². The van der Waals surface area contributed by atoms with Gasteiger partial charge in [0.1, 0.15) is 22.1 Å². The van der Waals surface area contributed by atoms with Gasteiger partial charge in [-0.1, -0.05) is 18.2 Å². The number of rotatable bonds is 10. The van der Waals surface area contributed by atoms with E-state index in [-0.39, 0.29) is 28.6 Å². The van der Waals surface area contributed by atoms with Crippen molar-refractivity contribution in [1.29, 1.82) is 0 Å². The lowest BCUT2D eigenvalue weighted by Crippen LogP contribution is -2.43. The van der Waals surface area contributed by atoms with Crippen molar-refractivity contribution in [3.05, 3.63) is 88.8 Å². The van der Waals surface area contributed by atoms with Crippen molar-refractivity contribution < 1.29 is 28.3 Å². The Kier molecular flexibility index (Phi) is 7.92. The molecule has 2 aromatic heterocycles. The van der Waals surface area contributed by atoms with Crippen molar-refractivity contribution in [2.75, 3.05) is 24.9 Å². The van der Waals surface area contributed by atoms with Crippen LogP contribution in [0, 0.1) is 0 Å². The van der Waals surface area contributed by atoms with Crippen molar-refractivity contribution in [3.63, 3.8) is 0 Å². The van der Waals surface area contributed by atoms with Crippen LogP contribution in [0.5, 0.6) is 11.5 Å². The fourth-order valence-electron chi connectivity index (χ4n) is 3.73. The topological polar surface area (TPSA) is 163 Å².